The molecule has 1 heterocycles. The predicted molar refractivity (Wildman–Crippen MR) is 101 cm³/mol. The quantitative estimate of drug-likeness (QED) is 0.677. The molecule has 3 rings (SSSR count). The minimum Gasteiger partial charge on any atom is -0.344 e. The van der Waals surface area contributed by atoms with Gasteiger partial charge < -0.3 is 5.32 Å². The maximum absolute atomic E-state index is 12.2. The van der Waals surface area contributed by atoms with Gasteiger partial charge in [0.2, 0.25) is 0 Å². The van der Waals surface area contributed by atoms with E-state index in [1.807, 2.05) is 17.4 Å². The Balaban J connectivity index is 1.70. The molecule has 1 fully saturated rings. The van der Waals surface area contributed by atoms with Crippen molar-refractivity contribution in [3.05, 3.63) is 57.6 Å². The summed E-state index contributed by atoms with van der Waals surface area (Å²) in [7, 11) is 0. The molecule has 1 N–H and O–H groups in total. The summed E-state index contributed by atoms with van der Waals surface area (Å²) in [5, 5.41) is 2.89. The summed E-state index contributed by atoms with van der Waals surface area (Å²) in [4.78, 5) is 31.3. The highest BCUT2D eigenvalue weighted by atomic mass is 35.5. The summed E-state index contributed by atoms with van der Waals surface area (Å²) < 4.78 is 24.3. The summed E-state index contributed by atoms with van der Waals surface area (Å²) in [5.41, 5.74) is 0.909. The van der Waals surface area contributed by atoms with Crippen LogP contribution in [0.2, 0.25) is 10.0 Å². The smallest absolute Gasteiger partial charge is 0.315 e. The second kappa shape index (κ2) is 8.49. The molecule has 0 unspecified atom stereocenters. The zero-order chi connectivity index (χ0) is 20.3. The molecule has 2 aromatic rings. The lowest BCUT2D eigenvalue weighted by Crippen LogP contribution is -2.37. The molecule has 0 radical (unpaired) electrons. The number of halogens is 4. The van der Waals surface area contributed by atoms with Crippen molar-refractivity contribution in [2.75, 3.05) is 6.54 Å². The number of carbonyl (C=O) groups excluding carboxylic acids is 2. The van der Waals surface area contributed by atoms with Crippen LogP contribution in [0.3, 0.4) is 0 Å². The lowest BCUT2D eigenvalue weighted by Gasteiger charge is -2.42. The van der Waals surface area contributed by atoms with Gasteiger partial charge in [0.1, 0.15) is 5.82 Å². The molecule has 1 aromatic carbocycles. The van der Waals surface area contributed by atoms with Crippen LogP contribution in [0.25, 0.3) is 0 Å². The summed E-state index contributed by atoms with van der Waals surface area (Å²) in [6, 6.07) is 5.56. The molecule has 0 atom stereocenters. The van der Waals surface area contributed by atoms with Crippen LogP contribution in [-0.2, 0) is 16.6 Å². The molecule has 0 bridgehead atoms. The normalized spacial score (nSPS) is 15.2. The fourth-order valence-electron chi connectivity index (χ4n) is 3.30. The van der Waals surface area contributed by atoms with Gasteiger partial charge in [-0.3, -0.25) is 9.59 Å². The molecule has 0 spiro atoms. The predicted octanol–water partition coefficient (Wildman–Crippen LogP) is 4.01. The van der Waals surface area contributed by atoms with E-state index in [4.69, 9.17) is 23.2 Å². The molecule has 0 saturated heterocycles. The molecular weight excluding hydrogens is 411 g/mol. The van der Waals surface area contributed by atoms with E-state index in [0.717, 1.165) is 24.8 Å². The molecule has 9 heteroatoms. The van der Waals surface area contributed by atoms with Crippen LogP contribution >= 0.6 is 23.2 Å². The number of amides is 1. The minimum absolute atomic E-state index is 0.141. The van der Waals surface area contributed by atoms with E-state index in [2.05, 4.69) is 9.97 Å². The Morgan fingerprint density at radius 1 is 1.18 bits per heavy atom. The lowest BCUT2D eigenvalue weighted by atomic mass is 9.62. The first-order chi connectivity index (χ1) is 13.3. The van der Waals surface area contributed by atoms with E-state index in [0.29, 0.717) is 22.3 Å². The Labute approximate surface area is 170 Å². The van der Waals surface area contributed by atoms with E-state index < -0.39 is 24.7 Å². The zero-order valence-corrected chi connectivity index (χ0v) is 16.2. The van der Waals surface area contributed by atoms with Crippen LogP contribution in [0.1, 0.15) is 41.0 Å². The third-order valence-electron chi connectivity index (χ3n) is 4.98. The van der Waals surface area contributed by atoms with E-state index in [1.54, 1.807) is 6.07 Å². The van der Waals surface area contributed by atoms with Crippen molar-refractivity contribution in [3.63, 3.8) is 0 Å². The second-order valence-electron chi connectivity index (χ2n) is 6.74. The number of aromatic nitrogens is 2. The summed E-state index contributed by atoms with van der Waals surface area (Å²) in [5.74, 6) is -1.49. The topological polar surface area (TPSA) is 72.0 Å². The Bertz CT molecular complexity index is 887. The van der Waals surface area contributed by atoms with E-state index in [9.17, 15) is 18.4 Å². The maximum atomic E-state index is 12.2. The zero-order valence-electron chi connectivity index (χ0n) is 14.7. The molecular formula is C19H17Cl2F2N3O2. The second-order valence-corrected chi connectivity index (χ2v) is 7.53. The van der Waals surface area contributed by atoms with Crippen LogP contribution in [0.15, 0.2) is 30.6 Å². The summed E-state index contributed by atoms with van der Waals surface area (Å²) in [6.07, 6.45) is 2.97. The van der Waals surface area contributed by atoms with Gasteiger partial charge in [-0.25, -0.2) is 9.97 Å². The Morgan fingerprint density at radius 2 is 1.86 bits per heavy atom. The summed E-state index contributed by atoms with van der Waals surface area (Å²) >= 11 is 12.6. The van der Waals surface area contributed by atoms with Crippen LogP contribution in [-0.4, -0.2) is 34.6 Å². The van der Waals surface area contributed by atoms with Crippen LogP contribution in [0, 0.1) is 0 Å². The number of Topliss-reactive ketones (excluding diaryl/α,β-unsaturated/α-hetero) is 1. The SMILES string of the molecule is O=C(CNC(=O)C(F)F)c1cnc(CC2(c3cccc(Cl)c3Cl)CCC2)nc1. The number of rotatable bonds is 7. The average Bonchev–Trinajstić information content (AvgIpc) is 2.65. The van der Waals surface area contributed by atoms with Gasteiger partial charge in [0.25, 0.3) is 5.91 Å². The van der Waals surface area contributed by atoms with E-state index in [1.165, 1.54) is 12.4 Å². The van der Waals surface area contributed by atoms with Crippen molar-refractivity contribution >= 4 is 34.9 Å². The number of benzene rings is 1. The monoisotopic (exact) mass is 427 g/mol. The highest BCUT2D eigenvalue weighted by molar-refractivity contribution is 6.42. The van der Waals surface area contributed by atoms with Gasteiger partial charge in [-0.05, 0) is 24.5 Å². The van der Waals surface area contributed by atoms with Crippen molar-refractivity contribution in [2.45, 2.75) is 37.5 Å². The van der Waals surface area contributed by atoms with Crippen molar-refractivity contribution in [3.8, 4) is 0 Å². The Morgan fingerprint density at radius 3 is 2.43 bits per heavy atom. The number of ketones is 1. The largest absolute Gasteiger partial charge is 0.344 e. The Kier molecular flexibility index (Phi) is 6.25. The average molecular weight is 428 g/mol. The molecule has 5 nitrogen and oxygen atoms in total. The fraction of sp³-hybridized carbons (Fsp3) is 0.368. The number of hydrogen-bond acceptors (Lipinski definition) is 4. The minimum atomic E-state index is -3.16. The van der Waals surface area contributed by atoms with Crippen molar-refractivity contribution < 1.29 is 18.4 Å². The van der Waals surface area contributed by atoms with Gasteiger partial charge in [-0.2, -0.15) is 8.78 Å². The van der Waals surface area contributed by atoms with Crippen LogP contribution in [0.4, 0.5) is 8.78 Å². The number of nitrogens with one attached hydrogen (secondary N) is 1. The van der Waals surface area contributed by atoms with Crippen LogP contribution < -0.4 is 5.32 Å². The van der Waals surface area contributed by atoms with Gasteiger partial charge in [0, 0.05) is 24.2 Å². The third kappa shape index (κ3) is 4.31. The molecule has 148 valence electrons. The molecule has 28 heavy (non-hydrogen) atoms. The van der Waals surface area contributed by atoms with Gasteiger partial charge in [-0.1, -0.05) is 41.8 Å². The first kappa shape index (κ1) is 20.6. The fourth-order valence-corrected chi connectivity index (χ4v) is 3.80. The molecule has 1 aliphatic rings. The van der Waals surface area contributed by atoms with Gasteiger partial charge in [-0.15, -0.1) is 0 Å². The van der Waals surface area contributed by atoms with Crippen molar-refractivity contribution in [1.29, 1.82) is 0 Å². The molecule has 1 aromatic heterocycles. The third-order valence-corrected chi connectivity index (χ3v) is 5.80. The van der Waals surface area contributed by atoms with Gasteiger partial charge in [0.05, 0.1) is 22.2 Å². The summed E-state index contributed by atoms with van der Waals surface area (Å²) in [6.45, 7) is -0.534. The first-order valence-electron chi connectivity index (χ1n) is 8.67. The van der Waals surface area contributed by atoms with E-state index >= 15 is 0 Å². The Hall–Kier alpha value is -2.12. The standard InChI is InChI=1S/C19H17Cl2F2N3O2/c20-13-4-1-3-12(16(13)21)19(5-2-6-19)7-15-24-8-11(9-25-15)14(27)10-26-18(28)17(22)23/h1,3-4,8-9,17H,2,5-7,10H2,(H,26,28). The maximum Gasteiger partial charge on any atom is 0.315 e. The van der Waals surface area contributed by atoms with Gasteiger partial charge in [0.15, 0.2) is 5.78 Å². The molecule has 1 saturated carbocycles. The lowest BCUT2D eigenvalue weighted by molar-refractivity contribution is -0.131. The molecule has 0 aliphatic heterocycles. The number of carbonyl (C=O) groups is 2. The number of nitrogens with zero attached hydrogens (tertiary/aromatic N) is 2. The molecule has 1 aliphatic carbocycles. The van der Waals surface area contributed by atoms with Crippen molar-refractivity contribution in [2.24, 2.45) is 0 Å². The van der Waals surface area contributed by atoms with Crippen molar-refractivity contribution in [1.82, 2.24) is 15.3 Å². The molecule has 1 amide bonds. The number of alkyl halides is 2. The highest BCUT2D eigenvalue weighted by Crippen LogP contribution is 2.49. The highest BCUT2D eigenvalue weighted by Gasteiger charge is 2.41. The number of hydrogen-bond donors (Lipinski definition) is 1. The van der Waals surface area contributed by atoms with E-state index in [-0.39, 0.29) is 11.0 Å². The van der Waals surface area contributed by atoms with Gasteiger partial charge >= 0.3 is 6.43 Å². The first-order valence-corrected chi connectivity index (χ1v) is 9.42. The van der Waals surface area contributed by atoms with Crippen LogP contribution in [0.5, 0.6) is 0 Å².